The van der Waals surface area contributed by atoms with Gasteiger partial charge in [0.2, 0.25) is 0 Å². The lowest BCUT2D eigenvalue weighted by Crippen LogP contribution is -2.54. The van der Waals surface area contributed by atoms with Gasteiger partial charge in [-0.3, -0.25) is 14.9 Å². The molecule has 0 atom stereocenters. The number of rotatable bonds is 7. The Kier molecular flexibility index (Phi) is 7.67. The lowest BCUT2D eigenvalue weighted by molar-refractivity contribution is -0.122. The van der Waals surface area contributed by atoms with E-state index >= 15 is 0 Å². The fraction of sp³-hybridized carbons (Fsp3) is 0.100. The number of hydrogen-bond acceptors (Lipinski definition) is 5. The number of amides is 4. The molecule has 0 unspecified atom stereocenters. The average molecular weight is 606 g/mol. The Hall–Kier alpha value is -4.14. The van der Waals surface area contributed by atoms with Gasteiger partial charge in [-0.2, -0.15) is 0 Å². The number of carbonyl (C=O) groups excluding carboxylic acids is 3. The highest BCUT2D eigenvalue weighted by Crippen LogP contribution is 2.38. The lowest BCUT2D eigenvalue weighted by atomic mass is 10.1. The van der Waals surface area contributed by atoms with Gasteiger partial charge in [0, 0.05) is 4.47 Å². The molecule has 1 N–H and O–H groups in total. The maximum atomic E-state index is 13.2. The van der Waals surface area contributed by atoms with E-state index in [-0.39, 0.29) is 17.2 Å². The summed E-state index contributed by atoms with van der Waals surface area (Å²) in [6, 6.07) is 23.0. The zero-order valence-corrected chi connectivity index (χ0v) is 23.1. The first-order valence-corrected chi connectivity index (χ1v) is 13.3. The van der Waals surface area contributed by atoms with Gasteiger partial charge >= 0.3 is 6.03 Å². The van der Waals surface area contributed by atoms with Gasteiger partial charge in [-0.1, -0.05) is 70.0 Å². The monoisotopic (exact) mass is 604 g/mol. The SMILES string of the molecule is CCOc1cc(/C=C2\C(=O)NC(=O)N(c3ccc(Br)cc3)C2=O)cc(Cl)c1OCc1cccc2ccccc12. The van der Waals surface area contributed by atoms with Crippen molar-refractivity contribution in [1.82, 2.24) is 5.32 Å². The van der Waals surface area contributed by atoms with Gasteiger partial charge in [0.15, 0.2) is 11.5 Å². The van der Waals surface area contributed by atoms with E-state index in [0.717, 1.165) is 25.7 Å². The minimum atomic E-state index is -0.824. The van der Waals surface area contributed by atoms with Crippen LogP contribution in [0.25, 0.3) is 16.8 Å². The van der Waals surface area contributed by atoms with Crippen LogP contribution in [0.2, 0.25) is 5.02 Å². The van der Waals surface area contributed by atoms with Crippen molar-refractivity contribution in [3.8, 4) is 11.5 Å². The van der Waals surface area contributed by atoms with Crippen LogP contribution < -0.4 is 19.7 Å². The van der Waals surface area contributed by atoms with Crippen molar-refractivity contribution in [2.24, 2.45) is 0 Å². The van der Waals surface area contributed by atoms with E-state index in [9.17, 15) is 14.4 Å². The van der Waals surface area contributed by atoms with Crippen molar-refractivity contribution < 1.29 is 23.9 Å². The van der Waals surface area contributed by atoms with Crippen LogP contribution in [0.3, 0.4) is 0 Å². The van der Waals surface area contributed by atoms with Crippen LogP contribution in [0.1, 0.15) is 18.1 Å². The van der Waals surface area contributed by atoms with Crippen molar-refractivity contribution in [2.45, 2.75) is 13.5 Å². The van der Waals surface area contributed by atoms with Gasteiger partial charge in [0.1, 0.15) is 12.2 Å². The van der Waals surface area contributed by atoms with Crippen LogP contribution in [-0.4, -0.2) is 24.5 Å². The van der Waals surface area contributed by atoms with E-state index in [0.29, 0.717) is 29.4 Å². The predicted molar refractivity (Wildman–Crippen MR) is 154 cm³/mol. The number of fused-ring (bicyclic) bond motifs is 1. The minimum absolute atomic E-state index is 0.222. The molecule has 1 fully saturated rings. The third-order valence-electron chi connectivity index (χ3n) is 6.08. The van der Waals surface area contributed by atoms with Crippen LogP contribution in [0.4, 0.5) is 10.5 Å². The maximum Gasteiger partial charge on any atom is 0.335 e. The quantitative estimate of drug-likeness (QED) is 0.183. The van der Waals surface area contributed by atoms with Gasteiger partial charge in [-0.05, 0) is 71.3 Å². The maximum absolute atomic E-state index is 13.2. The van der Waals surface area contributed by atoms with Crippen LogP contribution >= 0.6 is 27.5 Å². The fourth-order valence-corrected chi connectivity index (χ4v) is 4.83. The molecule has 0 radical (unpaired) electrons. The van der Waals surface area contributed by atoms with Gasteiger partial charge in [-0.15, -0.1) is 0 Å². The molecule has 0 spiro atoms. The summed E-state index contributed by atoms with van der Waals surface area (Å²) in [5.74, 6) is -0.846. The van der Waals surface area contributed by atoms with E-state index < -0.39 is 17.8 Å². The number of carbonyl (C=O) groups is 3. The summed E-state index contributed by atoms with van der Waals surface area (Å²) in [4.78, 5) is 39.3. The summed E-state index contributed by atoms with van der Waals surface area (Å²) < 4.78 is 12.7. The molecule has 4 aromatic rings. The molecule has 0 aliphatic carbocycles. The molecule has 4 amide bonds. The van der Waals surface area contributed by atoms with Crippen molar-refractivity contribution in [3.63, 3.8) is 0 Å². The Morgan fingerprint density at radius 1 is 0.949 bits per heavy atom. The zero-order chi connectivity index (χ0) is 27.5. The number of halogens is 2. The van der Waals surface area contributed by atoms with E-state index in [1.54, 1.807) is 36.4 Å². The molecular weight excluding hydrogens is 584 g/mol. The molecule has 1 heterocycles. The summed E-state index contributed by atoms with van der Waals surface area (Å²) in [5, 5.41) is 4.64. The summed E-state index contributed by atoms with van der Waals surface area (Å²) in [6.07, 6.45) is 1.37. The number of imide groups is 2. The third-order valence-corrected chi connectivity index (χ3v) is 6.89. The first kappa shape index (κ1) is 26.5. The van der Waals surface area contributed by atoms with Crippen LogP contribution in [0.5, 0.6) is 11.5 Å². The molecule has 9 heteroatoms. The highest BCUT2D eigenvalue weighted by Gasteiger charge is 2.36. The first-order valence-electron chi connectivity index (χ1n) is 12.1. The van der Waals surface area contributed by atoms with E-state index in [1.165, 1.54) is 6.08 Å². The molecule has 1 saturated heterocycles. The van der Waals surface area contributed by atoms with E-state index in [1.807, 2.05) is 49.4 Å². The molecule has 196 valence electrons. The number of nitrogens with one attached hydrogen (secondary N) is 1. The Labute approximate surface area is 238 Å². The molecule has 5 rings (SSSR count). The molecule has 0 saturated carbocycles. The molecule has 7 nitrogen and oxygen atoms in total. The Bertz CT molecular complexity index is 1630. The van der Waals surface area contributed by atoms with Crippen molar-refractivity contribution in [1.29, 1.82) is 0 Å². The zero-order valence-electron chi connectivity index (χ0n) is 20.7. The number of nitrogens with zero attached hydrogens (tertiary/aromatic N) is 1. The predicted octanol–water partition coefficient (Wildman–Crippen LogP) is 6.90. The van der Waals surface area contributed by atoms with Gasteiger partial charge < -0.3 is 9.47 Å². The van der Waals surface area contributed by atoms with E-state index in [4.69, 9.17) is 21.1 Å². The molecule has 0 bridgehead atoms. The smallest absolute Gasteiger partial charge is 0.335 e. The van der Waals surface area contributed by atoms with Crippen molar-refractivity contribution in [2.75, 3.05) is 11.5 Å². The second-order valence-corrected chi connectivity index (χ2v) is 9.95. The summed E-state index contributed by atoms with van der Waals surface area (Å²) in [7, 11) is 0. The highest BCUT2D eigenvalue weighted by molar-refractivity contribution is 9.10. The molecule has 1 aliphatic heterocycles. The highest BCUT2D eigenvalue weighted by atomic mass is 79.9. The average Bonchev–Trinajstić information content (AvgIpc) is 2.92. The van der Waals surface area contributed by atoms with E-state index in [2.05, 4.69) is 21.2 Å². The molecule has 4 aromatic carbocycles. The first-order chi connectivity index (χ1) is 18.9. The second-order valence-electron chi connectivity index (χ2n) is 8.62. The standard InChI is InChI=1S/C30H22BrClN2O5/c1-2-38-26-16-18(14-24-28(35)33-30(37)34(29(24)36)22-12-10-21(31)11-13-22)15-25(32)27(26)39-17-20-8-5-7-19-6-3-4-9-23(19)20/h3-16H,2,17H2,1H3,(H,33,35,37)/b24-14+. The van der Waals surface area contributed by atoms with Crippen molar-refractivity contribution in [3.05, 3.63) is 105 Å². The Balaban J connectivity index is 1.46. The van der Waals surface area contributed by atoms with Gasteiger partial charge in [0.05, 0.1) is 17.3 Å². The largest absolute Gasteiger partial charge is 0.490 e. The molecule has 0 aromatic heterocycles. The normalized spacial score (nSPS) is 14.6. The summed E-state index contributed by atoms with van der Waals surface area (Å²) >= 11 is 9.95. The molecular formula is C30H22BrClN2O5. The van der Waals surface area contributed by atoms with Gasteiger partial charge in [0.25, 0.3) is 11.8 Å². The number of hydrogen-bond donors (Lipinski definition) is 1. The number of urea groups is 1. The Morgan fingerprint density at radius 3 is 2.46 bits per heavy atom. The topological polar surface area (TPSA) is 84.9 Å². The minimum Gasteiger partial charge on any atom is -0.490 e. The molecule has 1 aliphatic rings. The fourth-order valence-electron chi connectivity index (χ4n) is 4.29. The molecule has 39 heavy (non-hydrogen) atoms. The summed E-state index contributed by atoms with van der Waals surface area (Å²) in [6.45, 7) is 2.42. The Morgan fingerprint density at radius 2 is 1.69 bits per heavy atom. The summed E-state index contributed by atoms with van der Waals surface area (Å²) in [5.41, 5.74) is 1.52. The number of anilines is 1. The third kappa shape index (κ3) is 5.53. The van der Waals surface area contributed by atoms with Crippen LogP contribution in [-0.2, 0) is 16.2 Å². The lowest BCUT2D eigenvalue weighted by Gasteiger charge is -2.26. The number of barbiturate groups is 1. The van der Waals surface area contributed by atoms with Crippen LogP contribution in [0.15, 0.2) is 88.9 Å². The number of benzene rings is 4. The van der Waals surface area contributed by atoms with Crippen molar-refractivity contribution >= 4 is 67.9 Å². The number of ether oxygens (including phenoxy) is 2. The second kappa shape index (κ2) is 11.3. The van der Waals surface area contributed by atoms with Crippen LogP contribution in [0, 0.1) is 0 Å². The van der Waals surface area contributed by atoms with Gasteiger partial charge in [-0.25, -0.2) is 9.69 Å².